The lowest BCUT2D eigenvalue weighted by molar-refractivity contribution is -0.140. The summed E-state index contributed by atoms with van der Waals surface area (Å²) in [5.74, 6) is -3.75. The molecule has 0 spiro atoms. The van der Waals surface area contributed by atoms with Gasteiger partial charge in [-0.15, -0.1) is 5.10 Å². The number of benzene rings is 1. The van der Waals surface area contributed by atoms with E-state index in [1.165, 1.54) is 19.2 Å². The van der Waals surface area contributed by atoms with Crippen molar-refractivity contribution in [2.75, 3.05) is 18.1 Å². The first-order valence-electron chi connectivity index (χ1n) is 8.54. The number of carbonyl (C=O) groups is 2. The summed E-state index contributed by atoms with van der Waals surface area (Å²) in [5, 5.41) is 21.1. The van der Waals surface area contributed by atoms with Crippen LogP contribution in [-0.2, 0) is 20.8 Å². The van der Waals surface area contributed by atoms with Gasteiger partial charge < -0.3 is 10.4 Å². The van der Waals surface area contributed by atoms with Crippen LogP contribution in [0, 0.1) is 0 Å². The first-order chi connectivity index (χ1) is 14.2. The molecule has 0 unspecified atom stereocenters. The second-order valence-corrected chi connectivity index (χ2v) is 8.65. The fourth-order valence-corrected chi connectivity index (χ4v) is 4.00. The highest BCUT2D eigenvalue weighted by Gasteiger charge is 2.39. The van der Waals surface area contributed by atoms with Crippen LogP contribution >= 0.6 is 0 Å². The third-order valence-corrected chi connectivity index (χ3v) is 5.94. The quantitative estimate of drug-likeness (QED) is 0.450. The lowest BCUT2D eigenvalue weighted by Crippen LogP contribution is -2.46. The van der Waals surface area contributed by atoms with Crippen LogP contribution in [0.2, 0.25) is 0 Å². The van der Waals surface area contributed by atoms with Gasteiger partial charge in [0, 0.05) is 18.2 Å². The summed E-state index contributed by atoms with van der Waals surface area (Å²) in [6.45, 7) is 0.866. The molecule has 31 heavy (non-hydrogen) atoms. The Morgan fingerprint density at radius 3 is 2.26 bits per heavy atom. The molecule has 166 valence electrons. The Kier molecular flexibility index (Phi) is 6.70. The van der Waals surface area contributed by atoms with Crippen molar-refractivity contribution in [2.45, 2.75) is 23.6 Å². The number of anilines is 1. The van der Waals surface area contributed by atoms with E-state index in [0.717, 1.165) is 26.9 Å². The van der Waals surface area contributed by atoms with Crippen LogP contribution < -0.4 is 16.2 Å². The number of aromatic nitrogens is 3. The molecule has 3 N–H and O–H groups in total. The van der Waals surface area contributed by atoms with Gasteiger partial charge in [0.2, 0.25) is 5.95 Å². The zero-order valence-corrected chi connectivity index (χ0v) is 17.3. The summed E-state index contributed by atoms with van der Waals surface area (Å²) in [6.07, 6.45) is -4.85. The Balaban J connectivity index is 2.21. The molecule has 0 fully saturated rings. The van der Waals surface area contributed by atoms with E-state index in [-0.39, 0.29) is 10.5 Å². The number of hydrogen-bond acceptors (Lipinski definition) is 8. The third kappa shape index (κ3) is 5.76. The summed E-state index contributed by atoms with van der Waals surface area (Å²) in [7, 11) is -1.80. The Morgan fingerprint density at radius 2 is 1.74 bits per heavy atom. The molecule has 2 amide bonds. The molecule has 1 aromatic carbocycles. The minimum atomic E-state index is -4.85. The standard InChI is InChI=1S/C16H17BF3N5O5S/c1-15(28,7-31(29,30)9-5-3-8(4-6-9)12(26)21-2)13(27)23-14-22-10(16(18,19)20)11(17)24-25-14/h3-6,28H,7,17H2,1-2H3,(H,21,26)(H,22,23,25,27)/t15-/m0/s1. The Bertz CT molecular complexity index is 1110. The van der Waals surface area contributed by atoms with Crippen molar-refractivity contribution in [3.05, 3.63) is 35.5 Å². The van der Waals surface area contributed by atoms with Crippen molar-refractivity contribution in [3.8, 4) is 0 Å². The van der Waals surface area contributed by atoms with Crippen LogP contribution in [0.3, 0.4) is 0 Å². The van der Waals surface area contributed by atoms with Crippen molar-refractivity contribution in [1.29, 1.82) is 0 Å². The molecule has 15 heteroatoms. The minimum absolute atomic E-state index is 0.190. The highest BCUT2D eigenvalue weighted by Crippen LogP contribution is 2.26. The van der Waals surface area contributed by atoms with Crippen LogP contribution in [0.15, 0.2) is 29.2 Å². The number of hydrogen-bond donors (Lipinski definition) is 3. The summed E-state index contributed by atoms with van der Waals surface area (Å²) < 4.78 is 63.8. The predicted octanol–water partition coefficient (Wildman–Crippen LogP) is -1.33. The summed E-state index contributed by atoms with van der Waals surface area (Å²) in [6, 6.07) is 4.73. The summed E-state index contributed by atoms with van der Waals surface area (Å²) >= 11 is 0. The van der Waals surface area contributed by atoms with E-state index in [1.54, 1.807) is 0 Å². The lowest BCUT2D eigenvalue weighted by atomic mass is 10.0. The van der Waals surface area contributed by atoms with Crippen LogP contribution in [-0.4, -0.2) is 66.8 Å². The number of alkyl halides is 3. The van der Waals surface area contributed by atoms with E-state index in [0.29, 0.717) is 0 Å². The largest absolute Gasteiger partial charge is 0.434 e. The van der Waals surface area contributed by atoms with Gasteiger partial charge in [0.1, 0.15) is 0 Å². The summed E-state index contributed by atoms with van der Waals surface area (Å²) in [5.41, 5.74) is -4.28. The van der Waals surface area contributed by atoms with Gasteiger partial charge in [-0.1, -0.05) is 0 Å². The SMILES string of the molecule is Bc1nnc(NC(=O)[C@@](C)(O)CS(=O)(=O)c2ccc(C(=O)NC)cc2)nc1C(F)(F)F. The number of nitrogens with one attached hydrogen (secondary N) is 2. The van der Waals surface area contributed by atoms with Crippen molar-refractivity contribution in [3.63, 3.8) is 0 Å². The van der Waals surface area contributed by atoms with Crippen molar-refractivity contribution in [1.82, 2.24) is 20.5 Å². The predicted molar refractivity (Wildman–Crippen MR) is 104 cm³/mol. The maximum absolute atomic E-state index is 12.9. The average Bonchev–Trinajstić information content (AvgIpc) is 2.67. The van der Waals surface area contributed by atoms with E-state index in [9.17, 15) is 36.3 Å². The average molecular weight is 459 g/mol. The van der Waals surface area contributed by atoms with Gasteiger partial charge >= 0.3 is 6.18 Å². The maximum atomic E-state index is 12.9. The van der Waals surface area contributed by atoms with Crippen LogP contribution in [0.25, 0.3) is 0 Å². The molecule has 0 saturated carbocycles. The number of rotatable bonds is 6. The Hall–Kier alpha value is -3.07. The number of carbonyl (C=O) groups excluding carboxylic acids is 2. The maximum Gasteiger partial charge on any atom is 0.434 e. The van der Waals surface area contributed by atoms with Crippen molar-refractivity contribution < 1.29 is 36.3 Å². The van der Waals surface area contributed by atoms with E-state index in [2.05, 4.69) is 20.5 Å². The van der Waals surface area contributed by atoms with Gasteiger partial charge in [0.25, 0.3) is 11.8 Å². The number of nitrogens with zero attached hydrogens (tertiary/aromatic N) is 3. The van der Waals surface area contributed by atoms with Crippen molar-refractivity contribution >= 4 is 41.0 Å². The molecule has 0 radical (unpaired) electrons. The van der Waals surface area contributed by atoms with Gasteiger partial charge in [-0.2, -0.15) is 18.3 Å². The second-order valence-electron chi connectivity index (χ2n) is 6.66. The van der Waals surface area contributed by atoms with Gasteiger partial charge in [-0.05, 0) is 31.2 Å². The van der Waals surface area contributed by atoms with Crippen molar-refractivity contribution in [2.24, 2.45) is 0 Å². The van der Waals surface area contributed by atoms with E-state index in [4.69, 9.17) is 0 Å². The van der Waals surface area contributed by atoms with Gasteiger partial charge in [0.05, 0.1) is 10.6 Å². The number of aliphatic hydroxyl groups is 1. The molecular weight excluding hydrogens is 442 g/mol. The van der Waals surface area contributed by atoms with E-state index in [1.807, 2.05) is 5.32 Å². The topological polar surface area (TPSA) is 151 Å². The number of halogens is 3. The lowest BCUT2D eigenvalue weighted by Gasteiger charge is -2.22. The molecular formula is C16H17BF3N5O5S. The summed E-state index contributed by atoms with van der Waals surface area (Å²) in [4.78, 5) is 26.7. The molecule has 0 aliphatic carbocycles. The molecule has 0 bridgehead atoms. The molecule has 1 aromatic heterocycles. The highest BCUT2D eigenvalue weighted by atomic mass is 32.2. The molecule has 0 aliphatic rings. The molecule has 1 heterocycles. The molecule has 0 aliphatic heterocycles. The first kappa shape index (κ1) is 24.2. The third-order valence-electron chi connectivity index (χ3n) is 4.01. The minimum Gasteiger partial charge on any atom is -0.379 e. The van der Waals surface area contributed by atoms with Gasteiger partial charge in [0.15, 0.2) is 29.0 Å². The zero-order valence-electron chi connectivity index (χ0n) is 16.5. The number of sulfone groups is 1. The molecule has 2 aromatic rings. The van der Waals surface area contributed by atoms with E-state index < -0.39 is 56.4 Å². The van der Waals surface area contributed by atoms with Crippen LogP contribution in [0.5, 0.6) is 0 Å². The Labute approximate surface area is 175 Å². The second kappa shape index (κ2) is 8.59. The van der Waals surface area contributed by atoms with Crippen LogP contribution in [0.1, 0.15) is 23.0 Å². The Morgan fingerprint density at radius 1 is 1.16 bits per heavy atom. The fraction of sp³-hybridized carbons (Fsp3) is 0.312. The van der Waals surface area contributed by atoms with Crippen LogP contribution in [0.4, 0.5) is 19.1 Å². The fourth-order valence-electron chi connectivity index (χ4n) is 2.41. The van der Waals surface area contributed by atoms with Gasteiger partial charge in [-0.25, -0.2) is 13.4 Å². The first-order valence-corrected chi connectivity index (χ1v) is 10.2. The highest BCUT2D eigenvalue weighted by molar-refractivity contribution is 7.91. The monoisotopic (exact) mass is 459 g/mol. The molecule has 0 saturated heterocycles. The van der Waals surface area contributed by atoms with Gasteiger partial charge in [-0.3, -0.25) is 14.9 Å². The van der Waals surface area contributed by atoms with E-state index >= 15 is 0 Å². The zero-order chi connectivity index (χ0) is 23.6. The normalized spacial score (nSPS) is 13.9. The molecule has 10 nitrogen and oxygen atoms in total. The molecule has 2 rings (SSSR count). The smallest absolute Gasteiger partial charge is 0.379 e. The molecule has 1 atom stereocenters. The number of amides is 2.